The summed E-state index contributed by atoms with van der Waals surface area (Å²) in [4.78, 5) is 27.1. The van der Waals surface area contributed by atoms with Crippen molar-refractivity contribution in [2.75, 3.05) is 6.61 Å². The van der Waals surface area contributed by atoms with E-state index < -0.39 is 11.6 Å². The highest BCUT2D eigenvalue weighted by atomic mass is 16.5. The second kappa shape index (κ2) is 5.64. The molecule has 2 amide bonds. The van der Waals surface area contributed by atoms with Gasteiger partial charge in [0.2, 0.25) is 11.8 Å². The van der Waals surface area contributed by atoms with Gasteiger partial charge in [-0.3, -0.25) is 9.59 Å². The Labute approximate surface area is 137 Å². The molecule has 1 aliphatic heterocycles. The van der Waals surface area contributed by atoms with Crippen LogP contribution in [0.4, 0.5) is 0 Å². The number of nitrogens with one attached hydrogen (secondary N) is 1. The number of piperazine rings is 1. The molecule has 1 heterocycles. The molecule has 2 aliphatic rings. The van der Waals surface area contributed by atoms with Gasteiger partial charge >= 0.3 is 0 Å². The summed E-state index contributed by atoms with van der Waals surface area (Å²) in [6, 6.07) is 9.20. The molecule has 1 aliphatic carbocycles. The predicted molar refractivity (Wildman–Crippen MR) is 86.6 cm³/mol. The Morgan fingerprint density at radius 2 is 1.87 bits per heavy atom. The first-order chi connectivity index (χ1) is 10.8. The third-order valence-corrected chi connectivity index (χ3v) is 4.33. The zero-order valence-electron chi connectivity index (χ0n) is 14.0. The maximum absolute atomic E-state index is 12.9. The fourth-order valence-corrected chi connectivity index (χ4v) is 2.85. The third-order valence-electron chi connectivity index (χ3n) is 4.33. The molecule has 1 aromatic carbocycles. The van der Waals surface area contributed by atoms with E-state index in [2.05, 4.69) is 5.32 Å². The normalized spacial score (nSPS) is 23.1. The molecule has 5 heteroatoms. The van der Waals surface area contributed by atoms with Gasteiger partial charge in [0.1, 0.15) is 11.6 Å². The first-order valence-corrected chi connectivity index (χ1v) is 8.12. The quantitative estimate of drug-likeness (QED) is 0.922. The van der Waals surface area contributed by atoms with Crippen LogP contribution in [0.1, 0.15) is 39.2 Å². The number of amides is 2. The third kappa shape index (κ3) is 3.39. The van der Waals surface area contributed by atoms with Crippen molar-refractivity contribution in [1.29, 1.82) is 0 Å². The molecule has 2 fully saturated rings. The molecule has 124 valence electrons. The average Bonchev–Trinajstić information content (AvgIpc) is 3.24. The first-order valence-electron chi connectivity index (χ1n) is 8.12. The Morgan fingerprint density at radius 1 is 1.22 bits per heavy atom. The Kier molecular flexibility index (Phi) is 3.92. The minimum absolute atomic E-state index is 0.0171. The molecule has 1 atom stereocenters. The molecule has 0 aromatic heterocycles. The number of ether oxygens (including phenoxy) is 1. The van der Waals surface area contributed by atoms with Crippen LogP contribution in [0.3, 0.4) is 0 Å². The second-order valence-electron chi connectivity index (χ2n) is 7.43. The highest BCUT2D eigenvalue weighted by molar-refractivity contribution is 6.01. The lowest BCUT2D eigenvalue weighted by molar-refractivity contribution is -0.156. The largest absolute Gasteiger partial charge is 0.373 e. The number of rotatable bonds is 4. The molecular formula is C18H24N2O3. The predicted octanol–water partition coefficient (Wildman–Crippen LogP) is 1.86. The average molecular weight is 316 g/mol. The summed E-state index contributed by atoms with van der Waals surface area (Å²) in [6.45, 7) is 6.48. The van der Waals surface area contributed by atoms with Crippen LogP contribution < -0.4 is 5.32 Å². The number of carbonyl (C=O) groups is 2. The Bertz CT molecular complexity index is 602. The highest BCUT2D eigenvalue weighted by Gasteiger charge is 2.58. The van der Waals surface area contributed by atoms with E-state index in [0.29, 0.717) is 6.54 Å². The molecular weight excluding hydrogens is 292 g/mol. The fourth-order valence-electron chi connectivity index (χ4n) is 2.85. The van der Waals surface area contributed by atoms with Gasteiger partial charge in [0.15, 0.2) is 0 Å². The van der Waals surface area contributed by atoms with Crippen molar-refractivity contribution in [3.63, 3.8) is 0 Å². The number of hydrogen-bond donors (Lipinski definition) is 1. The van der Waals surface area contributed by atoms with Crippen molar-refractivity contribution < 1.29 is 14.3 Å². The van der Waals surface area contributed by atoms with E-state index in [-0.39, 0.29) is 24.0 Å². The van der Waals surface area contributed by atoms with Gasteiger partial charge in [-0.2, -0.15) is 0 Å². The van der Waals surface area contributed by atoms with Gasteiger partial charge in [-0.25, -0.2) is 0 Å². The summed E-state index contributed by atoms with van der Waals surface area (Å²) >= 11 is 0. The summed E-state index contributed by atoms with van der Waals surface area (Å²) in [5, 5.41) is 2.91. The Morgan fingerprint density at radius 3 is 2.43 bits per heavy atom. The lowest BCUT2D eigenvalue weighted by Gasteiger charge is -2.40. The number of hydrogen-bond acceptors (Lipinski definition) is 3. The van der Waals surface area contributed by atoms with E-state index in [4.69, 9.17) is 4.74 Å². The van der Waals surface area contributed by atoms with E-state index in [9.17, 15) is 9.59 Å². The van der Waals surface area contributed by atoms with Crippen molar-refractivity contribution in [3.8, 4) is 0 Å². The van der Waals surface area contributed by atoms with Crippen molar-refractivity contribution in [1.82, 2.24) is 10.2 Å². The van der Waals surface area contributed by atoms with Crippen molar-refractivity contribution >= 4 is 11.8 Å². The Balaban J connectivity index is 1.81. The molecule has 1 unspecified atom stereocenters. The zero-order chi connectivity index (χ0) is 16.7. The van der Waals surface area contributed by atoms with Crippen molar-refractivity contribution in [2.45, 2.75) is 57.3 Å². The van der Waals surface area contributed by atoms with Crippen LogP contribution in [-0.2, 0) is 20.9 Å². The minimum atomic E-state index is -0.649. The second-order valence-corrected chi connectivity index (χ2v) is 7.43. The van der Waals surface area contributed by atoms with Gasteiger partial charge in [0, 0.05) is 6.54 Å². The first kappa shape index (κ1) is 16.0. The number of nitrogens with zero attached hydrogens (tertiary/aromatic N) is 1. The van der Waals surface area contributed by atoms with E-state index in [1.807, 2.05) is 51.1 Å². The molecule has 23 heavy (non-hydrogen) atoms. The molecule has 1 spiro atoms. The lowest BCUT2D eigenvalue weighted by atomic mass is 10.0. The summed E-state index contributed by atoms with van der Waals surface area (Å²) in [5.41, 5.74) is 0.0210. The molecule has 1 saturated heterocycles. The monoisotopic (exact) mass is 316 g/mol. The maximum atomic E-state index is 12.9. The summed E-state index contributed by atoms with van der Waals surface area (Å²) < 4.78 is 5.79. The summed E-state index contributed by atoms with van der Waals surface area (Å²) in [7, 11) is 0. The SMILES string of the molecule is CC(C)(C)OCC1C(=O)NC2(CC2)C(=O)N1Cc1ccccc1. The molecule has 1 aromatic rings. The fraction of sp³-hybridized carbons (Fsp3) is 0.556. The zero-order valence-corrected chi connectivity index (χ0v) is 14.0. The van der Waals surface area contributed by atoms with E-state index in [1.54, 1.807) is 4.90 Å². The van der Waals surface area contributed by atoms with Crippen LogP contribution in [0, 0.1) is 0 Å². The smallest absolute Gasteiger partial charge is 0.249 e. The lowest BCUT2D eigenvalue weighted by Crippen LogP contribution is -2.65. The van der Waals surface area contributed by atoms with Crippen molar-refractivity contribution in [2.24, 2.45) is 0 Å². The summed E-state index contributed by atoms with van der Waals surface area (Å²) in [6.07, 6.45) is 1.46. The topological polar surface area (TPSA) is 58.6 Å². The van der Waals surface area contributed by atoms with Gasteiger partial charge in [-0.1, -0.05) is 30.3 Å². The molecule has 1 N–H and O–H groups in total. The maximum Gasteiger partial charge on any atom is 0.249 e. The highest BCUT2D eigenvalue weighted by Crippen LogP contribution is 2.40. The van der Waals surface area contributed by atoms with Crippen LogP contribution in [0.25, 0.3) is 0 Å². The van der Waals surface area contributed by atoms with Crippen LogP contribution in [0.2, 0.25) is 0 Å². The molecule has 1 saturated carbocycles. The van der Waals surface area contributed by atoms with E-state index in [1.165, 1.54) is 0 Å². The standard InChI is InChI=1S/C18H24N2O3/c1-17(2,3)23-12-14-15(21)19-18(9-10-18)16(22)20(14)11-13-7-5-4-6-8-13/h4-8,14H,9-12H2,1-3H3,(H,19,21). The summed E-state index contributed by atoms with van der Waals surface area (Å²) in [5.74, 6) is -0.0919. The Hall–Kier alpha value is -1.88. The van der Waals surface area contributed by atoms with Gasteiger partial charge in [0.25, 0.3) is 0 Å². The van der Waals surface area contributed by atoms with Gasteiger partial charge in [-0.05, 0) is 39.2 Å². The van der Waals surface area contributed by atoms with Gasteiger partial charge in [-0.15, -0.1) is 0 Å². The van der Waals surface area contributed by atoms with Crippen LogP contribution >= 0.6 is 0 Å². The molecule has 3 rings (SSSR count). The molecule has 0 bridgehead atoms. The minimum Gasteiger partial charge on any atom is -0.373 e. The molecule has 5 nitrogen and oxygen atoms in total. The van der Waals surface area contributed by atoms with E-state index >= 15 is 0 Å². The van der Waals surface area contributed by atoms with Gasteiger partial charge in [0.05, 0.1) is 12.2 Å². The van der Waals surface area contributed by atoms with Crippen LogP contribution in [-0.4, -0.2) is 40.5 Å². The number of benzene rings is 1. The van der Waals surface area contributed by atoms with Crippen LogP contribution in [0.5, 0.6) is 0 Å². The van der Waals surface area contributed by atoms with Gasteiger partial charge < -0.3 is 15.0 Å². The van der Waals surface area contributed by atoms with Crippen LogP contribution in [0.15, 0.2) is 30.3 Å². The molecule has 0 radical (unpaired) electrons. The van der Waals surface area contributed by atoms with Crippen molar-refractivity contribution in [3.05, 3.63) is 35.9 Å². The van der Waals surface area contributed by atoms with E-state index in [0.717, 1.165) is 18.4 Å². The number of carbonyl (C=O) groups excluding carboxylic acids is 2.